The molecule has 0 bridgehead atoms. The first-order valence-electron chi connectivity index (χ1n) is 8.44. The number of carbonyl (C=O) groups excluding carboxylic acids is 2. The van der Waals surface area contributed by atoms with E-state index in [1.165, 1.54) is 0 Å². The second-order valence-corrected chi connectivity index (χ2v) is 6.88. The molecule has 6 heteroatoms. The minimum absolute atomic E-state index is 0.0898. The second kappa shape index (κ2) is 6.48. The molecule has 1 aromatic carbocycles. The van der Waals surface area contributed by atoms with Gasteiger partial charge in [0, 0.05) is 42.5 Å². The van der Waals surface area contributed by atoms with Gasteiger partial charge in [-0.15, -0.1) is 0 Å². The van der Waals surface area contributed by atoms with E-state index in [0.29, 0.717) is 36.3 Å². The van der Waals surface area contributed by atoms with Crippen LogP contribution in [0.15, 0.2) is 42.6 Å². The van der Waals surface area contributed by atoms with Gasteiger partial charge in [-0.05, 0) is 48.7 Å². The van der Waals surface area contributed by atoms with Crippen LogP contribution < -0.4 is 4.90 Å². The van der Waals surface area contributed by atoms with Crippen molar-refractivity contribution in [2.75, 3.05) is 11.4 Å². The van der Waals surface area contributed by atoms with Crippen molar-refractivity contribution in [3.05, 3.63) is 58.9 Å². The van der Waals surface area contributed by atoms with Gasteiger partial charge in [0.1, 0.15) is 5.69 Å². The lowest BCUT2D eigenvalue weighted by Gasteiger charge is -2.32. The Bertz CT molecular complexity index is 821. The normalized spacial score (nSPS) is 17.7. The summed E-state index contributed by atoms with van der Waals surface area (Å²) in [6.07, 6.45) is 4.02. The average Bonchev–Trinajstić information content (AvgIpc) is 3.45. The van der Waals surface area contributed by atoms with Crippen LogP contribution in [0.25, 0.3) is 0 Å². The summed E-state index contributed by atoms with van der Waals surface area (Å²) < 4.78 is 0. The lowest BCUT2D eigenvalue weighted by atomic mass is 10.1. The molecule has 0 saturated heterocycles. The molecule has 1 aromatic heterocycles. The molecule has 1 saturated carbocycles. The van der Waals surface area contributed by atoms with E-state index in [0.717, 1.165) is 24.1 Å². The molecule has 0 atom stereocenters. The molecule has 4 rings (SSSR count). The zero-order valence-corrected chi connectivity index (χ0v) is 14.4. The van der Waals surface area contributed by atoms with Crippen LogP contribution in [0.5, 0.6) is 0 Å². The number of halogens is 1. The van der Waals surface area contributed by atoms with E-state index in [2.05, 4.69) is 4.98 Å². The van der Waals surface area contributed by atoms with Gasteiger partial charge in [-0.1, -0.05) is 17.7 Å². The fourth-order valence-corrected chi connectivity index (χ4v) is 3.44. The Labute approximate surface area is 151 Å². The number of hydrogen-bond donors (Lipinski definition) is 0. The van der Waals surface area contributed by atoms with Crippen molar-refractivity contribution in [2.24, 2.45) is 0 Å². The van der Waals surface area contributed by atoms with Crippen molar-refractivity contribution < 1.29 is 9.59 Å². The summed E-state index contributed by atoms with van der Waals surface area (Å²) in [4.78, 5) is 33.3. The summed E-state index contributed by atoms with van der Waals surface area (Å²) >= 11 is 6.18. The third kappa shape index (κ3) is 3.24. The molecule has 0 radical (unpaired) electrons. The van der Waals surface area contributed by atoms with Crippen molar-refractivity contribution in [3.63, 3.8) is 0 Å². The minimum Gasteiger partial charge on any atom is -0.335 e. The molecule has 0 unspecified atom stereocenters. The summed E-state index contributed by atoms with van der Waals surface area (Å²) in [6.45, 7) is 0.831. The van der Waals surface area contributed by atoms with Crippen molar-refractivity contribution in [3.8, 4) is 0 Å². The monoisotopic (exact) mass is 355 g/mol. The third-order valence-corrected chi connectivity index (χ3v) is 4.89. The fourth-order valence-electron chi connectivity index (χ4n) is 3.24. The van der Waals surface area contributed by atoms with E-state index < -0.39 is 0 Å². The Hall–Kier alpha value is -2.40. The Balaban J connectivity index is 1.74. The van der Waals surface area contributed by atoms with Gasteiger partial charge in [0.15, 0.2) is 0 Å². The van der Waals surface area contributed by atoms with Crippen LogP contribution in [0.4, 0.5) is 5.69 Å². The van der Waals surface area contributed by atoms with Crippen molar-refractivity contribution in [1.29, 1.82) is 0 Å². The molecule has 1 aliphatic carbocycles. The Morgan fingerprint density at radius 2 is 2.04 bits per heavy atom. The summed E-state index contributed by atoms with van der Waals surface area (Å²) in [5.74, 6) is -0.108. The summed E-state index contributed by atoms with van der Waals surface area (Å²) in [5, 5.41) is 0.604. The van der Waals surface area contributed by atoms with Gasteiger partial charge in [-0.3, -0.25) is 14.6 Å². The number of aromatic nitrogens is 1. The van der Waals surface area contributed by atoms with Gasteiger partial charge in [-0.2, -0.15) is 0 Å². The number of nitrogens with zero attached hydrogens (tertiary/aromatic N) is 3. The number of fused-ring (bicyclic) bond motifs is 1. The highest BCUT2D eigenvalue weighted by Gasteiger charge is 2.35. The average molecular weight is 356 g/mol. The number of hydrogen-bond acceptors (Lipinski definition) is 3. The molecular formula is C19H18ClN3O2. The predicted molar refractivity (Wildman–Crippen MR) is 95.6 cm³/mol. The first-order valence-corrected chi connectivity index (χ1v) is 8.82. The first-order chi connectivity index (χ1) is 12.1. The van der Waals surface area contributed by atoms with Gasteiger partial charge in [0.2, 0.25) is 5.91 Å². The summed E-state index contributed by atoms with van der Waals surface area (Å²) in [5.41, 5.74) is 2.07. The van der Waals surface area contributed by atoms with Crippen LogP contribution in [0.3, 0.4) is 0 Å². The van der Waals surface area contributed by atoms with Crippen LogP contribution >= 0.6 is 11.6 Å². The highest BCUT2D eigenvalue weighted by molar-refractivity contribution is 6.30. The van der Waals surface area contributed by atoms with E-state index in [-0.39, 0.29) is 11.8 Å². The molecule has 25 heavy (non-hydrogen) atoms. The Morgan fingerprint density at radius 3 is 2.76 bits per heavy atom. The largest absolute Gasteiger partial charge is 0.335 e. The minimum atomic E-state index is -0.197. The molecule has 0 spiro atoms. The summed E-state index contributed by atoms with van der Waals surface area (Å²) in [7, 11) is 0. The lowest BCUT2D eigenvalue weighted by molar-refractivity contribution is -0.132. The van der Waals surface area contributed by atoms with Crippen molar-refractivity contribution in [2.45, 2.75) is 31.8 Å². The zero-order chi connectivity index (χ0) is 17.4. The molecule has 1 fully saturated rings. The number of anilines is 1. The fraction of sp³-hybridized carbons (Fsp3) is 0.316. The summed E-state index contributed by atoms with van der Waals surface area (Å²) in [6, 6.07) is 11.1. The zero-order valence-electron chi connectivity index (χ0n) is 13.7. The molecule has 2 amide bonds. The maximum atomic E-state index is 13.0. The first kappa shape index (κ1) is 16.1. The maximum Gasteiger partial charge on any atom is 0.276 e. The highest BCUT2D eigenvalue weighted by atomic mass is 35.5. The molecule has 2 aromatic rings. The molecular weight excluding hydrogens is 338 g/mol. The van der Waals surface area contributed by atoms with Crippen LogP contribution in [0.2, 0.25) is 5.02 Å². The second-order valence-electron chi connectivity index (χ2n) is 6.45. The van der Waals surface area contributed by atoms with Gasteiger partial charge in [0.05, 0.1) is 0 Å². The van der Waals surface area contributed by atoms with Gasteiger partial charge >= 0.3 is 0 Å². The third-order valence-electron chi connectivity index (χ3n) is 4.66. The number of rotatable bonds is 2. The van der Waals surface area contributed by atoms with Crippen LogP contribution in [-0.4, -0.2) is 34.3 Å². The Kier molecular flexibility index (Phi) is 4.17. The number of benzene rings is 1. The van der Waals surface area contributed by atoms with E-state index in [4.69, 9.17) is 11.6 Å². The molecule has 128 valence electrons. The quantitative estimate of drug-likeness (QED) is 0.830. The maximum absolute atomic E-state index is 13.0. The van der Waals surface area contributed by atoms with E-state index in [1.807, 2.05) is 17.0 Å². The van der Waals surface area contributed by atoms with E-state index in [9.17, 15) is 9.59 Å². The van der Waals surface area contributed by atoms with E-state index >= 15 is 0 Å². The predicted octanol–water partition coefficient (Wildman–Crippen LogP) is 3.28. The molecule has 5 nitrogen and oxygen atoms in total. The number of carbonyl (C=O) groups is 2. The van der Waals surface area contributed by atoms with Gasteiger partial charge in [0.25, 0.3) is 5.91 Å². The molecule has 2 aliphatic rings. The number of amides is 2. The van der Waals surface area contributed by atoms with Gasteiger partial charge in [-0.25, -0.2) is 0 Å². The van der Waals surface area contributed by atoms with Crippen LogP contribution in [0, 0.1) is 0 Å². The number of pyridine rings is 1. The standard InChI is InChI=1S/C19H18ClN3O2/c20-14-4-7-17-13(11-14)12-23(15-5-6-15)18(24)8-10-22(17)19(25)16-3-1-2-9-21-16/h1-4,7,9,11,15H,5-6,8,10,12H2. The molecule has 0 N–H and O–H groups in total. The van der Waals surface area contributed by atoms with Gasteiger partial charge < -0.3 is 9.80 Å². The SMILES string of the molecule is O=C(c1ccccn1)N1CCC(=O)N(C2CC2)Cc2cc(Cl)ccc21. The van der Waals surface area contributed by atoms with Crippen molar-refractivity contribution >= 4 is 29.1 Å². The van der Waals surface area contributed by atoms with E-state index in [1.54, 1.807) is 35.4 Å². The highest BCUT2D eigenvalue weighted by Crippen LogP contribution is 2.34. The van der Waals surface area contributed by atoms with Crippen LogP contribution in [0.1, 0.15) is 35.3 Å². The molecule has 2 heterocycles. The molecule has 1 aliphatic heterocycles. The van der Waals surface area contributed by atoms with Crippen LogP contribution in [-0.2, 0) is 11.3 Å². The topological polar surface area (TPSA) is 53.5 Å². The Morgan fingerprint density at radius 1 is 1.20 bits per heavy atom. The van der Waals surface area contributed by atoms with Crippen molar-refractivity contribution in [1.82, 2.24) is 9.88 Å². The smallest absolute Gasteiger partial charge is 0.276 e. The lowest BCUT2D eigenvalue weighted by Crippen LogP contribution is -2.41.